The molecule has 0 radical (unpaired) electrons. The minimum absolute atomic E-state index is 0.134. The molecule has 8 heteroatoms. The monoisotopic (exact) mass is 502 g/mol. The van der Waals surface area contributed by atoms with Gasteiger partial charge in [0, 0.05) is 0 Å². The molecular formula is C28H26N2O5S. The Bertz CT molecular complexity index is 1500. The van der Waals surface area contributed by atoms with E-state index in [0.29, 0.717) is 17.2 Å². The Hall–Kier alpha value is -4.04. The molecular weight excluding hydrogens is 476 g/mol. The third kappa shape index (κ3) is 4.85. The molecule has 0 aromatic heterocycles. The molecule has 5 rings (SSSR count). The summed E-state index contributed by atoms with van der Waals surface area (Å²) in [4.78, 5) is 13.1. The summed E-state index contributed by atoms with van der Waals surface area (Å²) >= 11 is 0. The number of aryl methyl sites for hydroxylation is 1. The summed E-state index contributed by atoms with van der Waals surface area (Å²) in [5, 5.41) is 4.99. The number of carbonyl (C=O) groups excluding carboxylic acids is 1. The fraction of sp³-hybridized carbons (Fsp3) is 0.179. The molecule has 4 aromatic carbocycles. The highest BCUT2D eigenvalue weighted by molar-refractivity contribution is 7.92. The van der Waals surface area contributed by atoms with Gasteiger partial charge in [-0.1, -0.05) is 60.2 Å². The number of para-hydroxylation sites is 2. The van der Waals surface area contributed by atoms with Crippen molar-refractivity contribution in [1.29, 1.82) is 0 Å². The molecule has 1 N–H and O–H groups in total. The van der Waals surface area contributed by atoms with Crippen molar-refractivity contribution in [3.05, 3.63) is 96.6 Å². The Morgan fingerprint density at radius 2 is 1.69 bits per heavy atom. The van der Waals surface area contributed by atoms with Gasteiger partial charge < -0.3 is 14.8 Å². The maximum atomic E-state index is 13.5. The lowest BCUT2D eigenvalue weighted by atomic mass is 10.1. The van der Waals surface area contributed by atoms with E-state index in [1.54, 1.807) is 48.5 Å². The molecule has 7 nitrogen and oxygen atoms in total. The molecule has 36 heavy (non-hydrogen) atoms. The normalized spacial score (nSPS) is 15.1. The summed E-state index contributed by atoms with van der Waals surface area (Å²) in [5.74, 6) is 0.642. The van der Waals surface area contributed by atoms with E-state index < -0.39 is 22.0 Å². The van der Waals surface area contributed by atoms with Crippen LogP contribution in [0.3, 0.4) is 0 Å². The van der Waals surface area contributed by atoms with Crippen molar-refractivity contribution >= 4 is 32.4 Å². The number of hydrogen-bond acceptors (Lipinski definition) is 5. The van der Waals surface area contributed by atoms with Crippen molar-refractivity contribution in [3.8, 4) is 11.5 Å². The van der Waals surface area contributed by atoms with Gasteiger partial charge in [-0.05, 0) is 54.1 Å². The van der Waals surface area contributed by atoms with Crippen LogP contribution in [0.5, 0.6) is 11.5 Å². The number of amides is 1. The van der Waals surface area contributed by atoms with Gasteiger partial charge in [-0.15, -0.1) is 0 Å². The highest BCUT2D eigenvalue weighted by Crippen LogP contribution is 2.36. The van der Waals surface area contributed by atoms with E-state index in [0.717, 1.165) is 16.3 Å². The Balaban J connectivity index is 1.26. The molecule has 1 aliphatic heterocycles. The SMILES string of the molecule is Cc1ccc(S(=O)(=O)N2CC(C(=O)NCCOc3ccc4ccccc4c3)Oc3ccccc32)cc1. The average molecular weight is 503 g/mol. The van der Waals surface area contributed by atoms with E-state index in [1.165, 1.54) is 4.31 Å². The summed E-state index contributed by atoms with van der Waals surface area (Å²) in [6.45, 7) is 2.27. The first-order valence-corrected chi connectivity index (χ1v) is 13.1. The molecule has 0 aliphatic carbocycles. The standard InChI is InChI=1S/C28H26N2O5S/c1-20-10-14-24(15-11-20)36(32,33)30-19-27(35-26-9-5-4-8-25(26)30)28(31)29-16-17-34-23-13-12-21-6-2-3-7-22(21)18-23/h2-15,18,27H,16-17,19H2,1H3,(H,29,31). The van der Waals surface area contributed by atoms with Crippen LogP contribution in [0.1, 0.15) is 5.56 Å². The number of carbonyl (C=O) groups is 1. The molecule has 184 valence electrons. The first-order chi connectivity index (χ1) is 17.4. The largest absolute Gasteiger partial charge is 0.492 e. The molecule has 0 spiro atoms. The number of anilines is 1. The van der Waals surface area contributed by atoms with Crippen molar-refractivity contribution in [2.75, 3.05) is 24.0 Å². The number of benzene rings is 4. The van der Waals surface area contributed by atoms with Crippen molar-refractivity contribution in [3.63, 3.8) is 0 Å². The number of hydrogen-bond donors (Lipinski definition) is 1. The minimum atomic E-state index is -3.89. The van der Waals surface area contributed by atoms with Crippen molar-refractivity contribution in [1.82, 2.24) is 5.32 Å². The van der Waals surface area contributed by atoms with E-state index in [-0.39, 0.29) is 24.6 Å². The van der Waals surface area contributed by atoms with Crippen LogP contribution in [0.25, 0.3) is 10.8 Å². The topological polar surface area (TPSA) is 84.9 Å². The van der Waals surface area contributed by atoms with Crippen molar-refractivity contribution < 1.29 is 22.7 Å². The van der Waals surface area contributed by atoms with Gasteiger partial charge in [-0.25, -0.2) is 8.42 Å². The molecule has 0 bridgehead atoms. The van der Waals surface area contributed by atoms with Gasteiger partial charge in [0.05, 0.1) is 23.7 Å². The maximum Gasteiger partial charge on any atom is 0.264 e. The highest BCUT2D eigenvalue weighted by Gasteiger charge is 2.37. The molecule has 1 atom stereocenters. The van der Waals surface area contributed by atoms with Gasteiger partial charge in [0.25, 0.3) is 15.9 Å². The Labute approximate surface area is 210 Å². The van der Waals surface area contributed by atoms with Crippen LogP contribution in [0.2, 0.25) is 0 Å². The summed E-state index contributed by atoms with van der Waals surface area (Å²) < 4.78 is 39.8. The predicted octanol–water partition coefficient (Wildman–Crippen LogP) is 4.30. The second-order valence-corrected chi connectivity index (χ2v) is 10.4. The molecule has 1 aliphatic rings. The minimum Gasteiger partial charge on any atom is -0.492 e. The number of ether oxygens (including phenoxy) is 2. The van der Waals surface area contributed by atoms with Crippen LogP contribution >= 0.6 is 0 Å². The molecule has 1 amide bonds. The molecule has 4 aromatic rings. The van der Waals surface area contributed by atoms with Crippen molar-refractivity contribution in [2.24, 2.45) is 0 Å². The fourth-order valence-corrected chi connectivity index (χ4v) is 5.59. The molecule has 0 fully saturated rings. The van der Waals surface area contributed by atoms with E-state index in [9.17, 15) is 13.2 Å². The molecule has 0 saturated heterocycles. The third-order valence-electron chi connectivity index (χ3n) is 6.03. The van der Waals surface area contributed by atoms with Gasteiger partial charge in [0.2, 0.25) is 0 Å². The first kappa shape index (κ1) is 23.7. The number of nitrogens with zero attached hydrogens (tertiary/aromatic N) is 1. The lowest BCUT2D eigenvalue weighted by Crippen LogP contribution is -2.51. The van der Waals surface area contributed by atoms with Gasteiger partial charge in [0.15, 0.2) is 6.10 Å². The van der Waals surface area contributed by atoms with Crippen LogP contribution in [0, 0.1) is 6.92 Å². The summed E-state index contributed by atoms with van der Waals surface area (Å²) in [6.07, 6.45) is -0.999. The first-order valence-electron chi connectivity index (χ1n) is 11.7. The zero-order chi connectivity index (χ0) is 25.1. The second kappa shape index (κ2) is 9.91. The second-order valence-electron chi connectivity index (χ2n) is 8.57. The van der Waals surface area contributed by atoms with E-state index in [1.807, 2.05) is 49.4 Å². The zero-order valence-corrected chi connectivity index (χ0v) is 20.6. The number of rotatable bonds is 7. The Kier molecular flexibility index (Phi) is 6.52. The van der Waals surface area contributed by atoms with Crippen molar-refractivity contribution in [2.45, 2.75) is 17.9 Å². The highest BCUT2D eigenvalue weighted by atomic mass is 32.2. The summed E-state index contributed by atoms with van der Waals surface area (Å²) in [5.41, 5.74) is 1.36. The quantitative estimate of drug-likeness (QED) is 0.381. The smallest absolute Gasteiger partial charge is 0.264 e. The number of fused-ring (bicyclic) bond motifs is 2. The molecule has 1 unspecified atom stereocenters. The van der Waals surface area contributed by atoms with Gasteiger partial charge in [0.1, 0.15) is 18.1 Å². The van der Waals surface area contributed by atoms with Crippen LogP contribution in [0.4, 0.5) is 5.69 Å². The predicted molar refractivity (Wildman–Crippen MR) is 139 cm³/mol. The Morgan fingerprint density at radius 3 is 2.50 bits per heavy atom. The van der Waals surface area contributed by atoms with Crippen LogP contribution < -0.4 is 19.1 Å². The summed E-state index contributed by atoms with van der Waals surface area (Å²) in [6, 6.07) is 27.3. The molecule has 0 saturated carbocycles. The van der Waals surface area contributed by atoms with Crippen LogP contribution in [0.15, 0.2) is 95.9 Å². The fourth-order valence-electron chi connectivity index (χ4n) is 4.12. The lowest BCUT2D eigenvalue weighted by Gasteiger charge is -2.34. The van der Waals surface area contributed by atoms with Gasteiger partial charge in [-0.3, -0.25) is 9.10 Å². The maximum absolute atomic E-state index is 13.5. The summed E-state index contributed by atoms with van der Waals surface area (Å²) in [7, 11) is -3.89. The lowest BCUT2D eigenvalue weighted by molar-refractivity contribution is -0.127. The van der Waals surface area contributed by atoms with E-state index in [2.05, 4.69) is 5.32 Å². The van der Waals surface area contributed by atoms with E-state index >= 15 is 0 Å². The van der Waals surface area contributed by atoms with Crippen LogP contribution in [-0.4, -0.2) is 40.1 Å². The van der Waals surface area contributed by atoms with Gasteiger partial charge >= 0.3 is 0 Å². The zero-order valence-electron chi connectivity index (χ0n) is 19.8. The average Bonchev–Trinajstić information content (AvgIpc) is 2.90. The molecule has 1 heterocycles. The van der Waals surface area contributed by atoms with E-state index in [4.69, 9.17) is 9.47 Å². The number of nitrogens with one attached hydrogen (secondary N) is 1. The van der Waals surface area contributed by atoms with Crippen LogP contribution in [-0.2, 0) is 14.8 Å². The van der Waals surface area contributed by atoms with Gasteiger partial charge in [-0.2, -0.15) is 0 Å². The Morgan fingerprint density at radius 1 is 0.972 bits per heavy atom. The number of sulfonamides is 1. The third-order valence-corrected chi connectivity index (χ3v) is 7.82.